The SMILES string of the molecule is CCc1c(C(=O)NCCc2ccc(OCC(=O)O)cc2)cnn1CC(C)C. The molecule has 1 amide bonds. The summed E-state index contributed by atoms with van der Waals surface area (Å²) >= 11 is 0. The van der Waals surface area contributed by atoms with Crippen LogP contribution >= 0.6 is 0 Å². The molecule has 7 nitrogen and oxygen atoms in total. The molecule has 1 aromatic carbocycles. The Balaban J connectivity index is 1.87. The Morgan fingerprint density at radius 3 is 2.56 bits per heavy atom. The minimum Gasteiger partial charge on any atom is -0.482 e. The van der Waals surface area contributed by atoms with Gasteiger partial charge in [0.15, 0.2) is 6.61 Å². The molecule has 0 bridgehead atoms. The summed E-state index contributed by atoms with van der Waals surface area (Å²) in [5.41, 5.74) is 2.63. The molecule has 2 rings (SSSR count). The van der Waals surface area contributed by atoms with E-state index in [1.54, 1.807) is 18.3 Å². The maximum atomic E-state index is 12.5. The number of hydrogen-bond donors (Lipinski definition) is 2. The zero-order valence-electron chi connectivity index (χ0n) is 16.1. The number of nitrogens with zero attached hydrogens (tertiary/aromatic N) is 2. The van der Waals surface area contributed by atoms with E-state index in [0.29, 0.717) is 30.2 Å². The highest BCUT2D eigenvalue weighted by Crippen LogP contribution is 2.13. The van der Waals surface area contributed by atoms with E-state index in [9.17, 15) is 9.59 Å². The lowest BCUT2D eigenvalue weighted by molar-refractivity contribution is -0.139. The van der Waals surface area contributed by atoms with Crippen molar-refractivity contribution < 1.29 is 19.4 Å². The second-order valence-corrected chi connectivity index (χ2v) is 6.77. The van der Waals surface area contributed by atoms with Crippen molar-refractivity contribution in [2.24, 2.45) is 5.92 Å². The van der Waals surface area contributed by atoms with Crippen LogP contribution in [0.2, 0.25) is 0 Å². The van der Waals surface area contributed by atoms with Gasteiger partial charge >= 0.3 is 5.97 Å². The van der Waals surface area contributed by atoms with Crippen molar-refractivity contribution in [1.29, 1.82) is 0 Å². The number of ether oxygens (including phenoxy) is 1. The lowest BCUT2D eigenvalue weighted by Gasteiger charge is -2.10. The Morgan fingerprint density at radius 1 is 1.26 bits per heavy atom. The van der Waals surface area contributed by atoms with Gasteiger partial charge in [-0.05, 0) is 36.5 Å². The third-order valence-electron chi connectivity index (χ3n) is 4.05. The molecule has 1 heterocycles. The first-order valence-corrected chi connectivity index (χ1v) is 9.17. The van der Waals surface area contributed by atoms with E-state index in [2.05, 4.69) is 24.3 Å². The van der Waals surface area contributed by atoms with Crippen LogP contribution in [0.3, 0.4) is 0 Å². The molecular formula is C20H27N3O4. The van der Waals surface area contributed by atoms with Crippen LogP contribution in [0.5, 0.6) is 5.75 Å². The van der Waals surface area contributed by atoms with Crippen LogP contribution in [0.25, 0.3) is 0 Å². The quantitative estimate of drug-likeness (QED) is 0.667. The average molecular weight is 373 g/mol. The maximum absolute atomic E-state index is 12.5. The lowest BCUT2D eigenvalue weighted by Crippen LogP contribution is -2.26. The van der Waals surface area contributed by atoms with Gasteiger partial charge in [0.25, 0.3) is 5.91 Å². The normalized spacial score (nSPS) is 10.8. The summed E-state index contributed by atoms with van der Waals surface area (Å²) < 4.78 is 7.01. The van der Waals surface area contributed by atoms with Gasteiger partial charge in [0, 0.05) is 13.1 Å². The number of benzene rings is 1. The topological polar surface area (TPSA) is 93.4 Å². The summed E-state index contributed by atoms with van der Waals surface area (Å²) in [5.74, 6) is -0.142. The molecule has 0 unspecified atom stereocenters. The number of hydrogen-bond acceptors (Lipinski definition) is 4. The molecule has 27 heavy (non-hydrogen) atoms. The number of carbonyl (C=O) groups excluding carboxylic acids is 1. The molecule has 2 N–H and O–H groups in total. The number of amides is 1. The predicted octanol–water partition coefficient (Wildman–Crippen LogP) is 2.54. The van der Waals surface area contributed by atoms with Crippen molar-refractivity contribution in [3.63, 3.8) is 0 Å². The van der Waals surface area contributed by atoms with Crippen molar-refractivity contribution in [2.75, 3.05) is 13.2 Å². The molecule has 0 saturated carbocycles. The Morgan fingerprint density at radius 2 is 1.96 bits per heavy atom. The summed E-state index contributed by atoms with van der Waals surface area (Å²) in [6.07, 6.45) is 3.07. The highest BCUT2D eigenvalue weighted by Gasteiger charge is 2.16. The van der Waals surface area contributed by atoms with Gasteiger partial charge in [-0.25, -0.2) is 4.79 Å². The van der Waals surface area contributed by atoms with Gasteiger partial charge in [-0.1, -0.05) is 32.9 Å². The predicted molar refractivity (Wildman–Crippen MR) is 102 cm³/mol. The molecule has 0 aliphatic heterocycles. The van der Waals surface area contributed by atoms with E-state index in [4.69, 9.17) is 9.84 Å². The van der Waals surface area contributed by atoms with Gasteiger partial charge in [0.1, 0.15) is 5.75 Å². The third kappa shape index (κ3) is 6.13. The number of carboxylic acid groups (broad SMARTS) is 1. The summed E-state index contributed by atoms with van der Waals surface area (Å²) in [6, 6.07) is 7.18. The number of carboxylic acids is 1. The third-order valence-corrected chi connectivity index (χ3v) is 4.05. The van der Waals surface area contributed by atoms with Crippen molar-refractivity contribution in [2.45, 2.75) is 40.2 Å². The molecule has 7 heteroatoms. The fourth-order valence-electron chi connectivity index (χ4n) is 2.79. The molecule has 0 spiro atoms. The minimum absolute atomic E-state index is 0.108. The van der Waals surface area contributed by atoms with E-state index in [1.807, 2.05) is 23.7 Å². The molecule has 2 aromatic rings. The standard InChI is InChI=1S/C20H27N3O4/c1-4-18-17(11-22-23(18)12-14(2)3)20(26)21-10-9-15-5-7-16(8-6-15)27-13-19(24)25/h5-8,11,14H,4,9-10,12-13H2,1-3H3,(H,21,26)(H,24,25). The van der Waals surface area contributed by atoms with Crippen LogP contribution in [0, 0.1) is 5.92 Å². The maximum Gasteiger partial charge on any atom is 0.341 e. The van der Waals surface area contributed by atoms with Crippen LogP contribution in [0.4, 0.5) is 0 Å². The van der Waals surface area contributed by atoms with Crippen molar-refractivity contribution in [3.8, 4) is 5.75 Å². The minimum atomic E-state index is -1.01. The van der Waals surface area contributed by atoms with Gasteiger partial charge in [0.2, 0.25) is 0 Å². The van der Waals surface area contributed by atoms with Crippen LogP contribution < -0.4 is 10.1 Å². The van der Waals surface area contributed by atoms with Gasteiger partial charge in [0.05, 0.1) is 17.5 Å². The van der Waals surface area contributed by atoms with Crippen molar-refractivity contribution >= 4 is 11.9 Å². The molecule has 0 atom stereocenters. The number of aromatic nitrogens is 2. The fourth-order valence-corrected chi connectivity index (χ4v) is 2.79. The van der Waals surface area contributed by atoms with E-state index >= 15 is 0 Å². The average Bonchev–Trinajstić information content (AvgIpc) is 3.02. The Labute approximate surface area is 159 Å². The molecule has 0 aliphatic rings. The molecule has 0 radical (unpaired) electrons. The van der Waals surface area contributed by atoms with Crippen molar-refractivity contribution in [1.82, 2.24) is 15.1 Å². The van der Waals surface area contributed by atoms with Gasteiger partial charge in [-0.3, -0.25) is 9.48 Å². The van der Waals surface area contributed by atoms with Gasteiger partial charge < -0.3 is 15.2 Å². The van der Waals surface area contributed by atoms with E-state index in [-0.39, 0.29) is 12.5 Å². The molecule has 1 aromatic heterocycles. The molecule has 0 aliphatic carbocycles. The van der Waals surface area contributed by atoms with Crippen molar-refractivity contribution in [3.05, 3.63) is 47.3 Å². The molecule has 0 saturated heterocycles. The van der Waals surface area contributed by atoms with Gasteiger partial charge in [-0.15, -0.1) is 0 Å². The zero-order valence-corrected chi connectivity index (χ0v) is 16.1. The second kappa shape index (κ2) is 9.75. The van der Waals surface area contributed by atoms with Crippen LogP contribution in [0.1, 0.15) is 42.4 Å². The Hall–Kier alpha value is -2.83. The van der Waals surface area contributed by atoms with E-state index in [0.717, 1.165) is 24.2 Å². The zero-order chi connectivity index (χ0) is 19.8. The lowest BCUT2D eigenvalue weighted by atomic mass is 10.1. The molecule has 0 fully saturated rings. The largest absolute Gasteiger partial charge is 0.482 e. The first-order chi connectivity index (χ1) is 12.9. The first kappa shape index (κ1) is 20.5. The smallest absolute Gasteiger partial charge is 0.341 e. The summed E-state index contributed by atoms with van der Waals surface area (Å²) in [4.78, 5) is 23.0. The van der Waals surface area contributed by atoms with Crippen LogP contribution in [-0.4, -0.2) is 39.9 Å². The Bertz CT molecular complexity index is 766. The number of nitrogens with one attached hydrogen (secondary N) is 1. The summed E-state index contributed by atoms with van der Waals surface area (Å²) in [5, 5.41) is 15.9. The molecule has 146 valence electrons. The molecular weight excluding hydrogens is 346 g/mol. The van der Waals surface area contributed by atoms with E-state index < -0.39 is 5.97 Å². The first-order valence-electron chi connectivity index (χ1n) is 9.17. The Kier molecular flexibility index (Phi) is 7.40. The summed E-state index contributed by atoms with van der Waals surface area (Å²) in [6.45, 7) is 7.22. The highest BCUT2D eigenvalue weighted by molar-refractivity contribution is 5.95. The van der Waals surface area contributed by atoms with Crippen LogP contribution in [0.15, 0.2) is 30.5 Å². The monoisotopic (exact) mass is 373 g/mol. The number of rotatable bonds is 10. The van der Waals surface area contributed by atoms with Crippen LogP contribution in [-0.2, 0) is 24.2 Å². The summed E-state index contributed by atoms with van der Waals surface area (Å²) in [7, 11) is 0. The number of aliphatic carboxylic acids is 1. The second-order valence-electron chi connectivity index (χ2n) is 6.77. The van der Waals surface area contributed by atoms with E-state index in [1.165, 1.54) is 0 Å². The fraction of sp³-hybridized carbons (Fsp3) is 0.450. The highest BCUT2D eigenvalue weighted by atomic mass is 16.5. The van der Waals surface area contributed by atoms with Gasteiger partial charge in [-0.2, -0.15) is 5.10 Å². The number of carbonyl (C=O) groups is 2.